The molecule has 80 valence electrons. The van der Waals surface area contributed by atoms with Crippen LogP contribution in [0.25, 0.3) is 0 Å². The van der Waals surface area contributed by atoms with E-state index in [1.54, 1.807) is 10.9 Å². The summed E-state index contributed by atoms with van der Waals surface area (Å²) in [7, 11) is 0. The zero-order chi connectivity index (χ0) is 10.9. The third-order valence-corrected chi connectivity index (χ3v) is 2.62. The molecular weight excluding hydrogens is 200 g/mol. The van der Waals surface area contributed by atoms with E-state index in [1.807, 2.05) is 27.7 Å². The highest BCUT2D eigenvalue weighted by atomic mass is 35.5. The molecule has 1 atom stereocenters. The first-order valence-corrected chi connectivity index (χ1v) is 5.06. The van der Waals surface area contributed by atoms with Gasteiger partial charge in [0.15, 0.2) is 0 Å². The molecule has 3 nitrogen and oxygen atoms in total. The first kappa shape index (κ1) is 11.5. The summed E-state index contributed by atoms with van der Waals surface area (Å²) in [6, 6.07) is 0. The number of halogens is 1. The highest BCUT2D eigenvalue weighted by Gasteiger charge is 2.22. The van der Waals surface area contributed by atoms with E-state index in [0.29, 0.717) is 11.6 Å². The molecule has 0 saturated heterocycles. The molecule has 4 heteroatoms. The largest absolute Gasteiger partial charge is 0.391 e. The van der Waals surface area contributed by atoms with Crippen molar-refractivity contribution in [2.45, 2.75) is 40.3 Å². The predicted molar refractivity (Wildman–Crippen MR) is 57.4 cm³/mol. The molecule has 14 heavy (non-hydrogen) atoms. The van der Waals surface area contributed by atoms with Gasteiger partial charge in [0.1, 0.15) is 0 Å². The molecule has 1 rings (SSSR count). The maximum atomic E-state index is 9.84. The molecule has 0 bridgehead atoms. The van der Waals surface area contributed by atoms with Crippen molar-refractivity contribution in [2.75, 3.05) is 0 Å². The molecule has 0 aromatic carbocycles. The van der Waals surface area contributed by atoms with Crippen LogP contribution in [0, 0.1) is 12.3 Å². The summed E-state index contributed by atoms with van der Waals surface area (Å²) in [5.41, 5.74) is 0.666. The Morgan fingerprint density at radius 1 is 1.57 bits per heavy atom. The van der Waals surface area contributed by atoms with Gasteiger partial charge in [0.25, 0.3) is 0 Å². The molecule has 0 aliphatic rings. The summed E-state index contributed by atoms with van der Waals surface area (Å²) < 4.78 is 1.69. The van der Waals surface area contributed by atoms with Gasteiger partial charge in [0, 0.05) is 6.20 Å². The van der Waals surface area contributed by atoms with Gasteiger partial charge in [0.2, 0.25) is 0 Å². The van der Waals surface area contributed by atoms with Gasteiger partial charge in [-0.3, -0.25) is 4.68 Å². The monoisotopic (exact) mass is 216 g/mol. The fourth-order valence-electron chi connectivity index (χ4n) is 1.04. The van der Waals surface area contributed by atoms with Crippen LogP contribution in [0.3, 0.4) is 0 Å². The van der Waals surface area contributed by atoms with Crippen molar-refractivity contribution in [3.63, 3.8) is 0 Å². The Kier molecular flexibility index (Phi) is 3.22. The summed E-state index contributed by atoms with van der Waals surface area (Å²) in [5, 5.41) is 14.7. The summed E-state index contributed by atoms with van der Waals surface area (Å²) >= 11 is 5.86. The molecule has 0 fully saturated rings. The number of rotatable bonds is 2. The van der Waals surface area contributed by atoms with Gasteiger partial charge < -0.3 is 5.11 Å². The highest BCUT2D eigenvalue weighted by Crippen LogP contribution is 2.21. The summed E-state index contributed by atoms with van der Waals surface area (Å²) in [6.45, 7) is 8.32. The normalized spacial score (nSPS) is 14.4. The minimum Gasteiger partial charge on any atom is -0.391 e. The molecule has 0 aliphatic heterocycles. The smallest absolute Gasteiger partial charge is 0.0814 e. The van der Waals surface area contributed by atoms with E-state index in [9.17, 15) is 5.11 Å². The number of aromatic nitrogens is 2. The molecule has 0 saturated carbocycles. The Balaban J connectivity index is 2.70. The molecule has 1 unspecified atom stereocenters. The number of aliphatic hydroxyl groups excluding tert-OH is 1. The van der Waals surface area contributed by atoms with Gasteiger partial charge in [-0.05, 0) is 12.3 Å². The highest BCUT2D eigenvalue weighted by molar-refractivity contribution is 6.31. The second kappa shape index (κ2) is 3.91. The Morgan fingerprint density at radius 3 is 2.50 bits per heavy atom. The fourth-order valence-corrected chi connectivity index (χ4v) is 1.19. The van der Waals surface area contributed by atoms with Gasteiger partial charge in [-0.2, -0.15) is 5.10 Å². The predicted octanol–water partition coefficient (Wildman–Crippen LogP) is 2.25. The average Bonchev–Trinajstić information content (AvgIpc) is 2.29. The van der Waals surface area contributed by atoms with Crippen molar-refractivity contribution in [3.8, 4) is 0 Å². The van der Waals surface area contributed by atoms with Crippen molar-refractivity contribution in [2.24, 2.45) is 5.41 Å². The first-order valence-electron chi connectivity index (χ1n) is 4.68. The van der Waals surface area contributed by atoms with Gasteiger partial charge in [-0.1, -0.05) is 32.4 Å². The van der Waals surface area contributed by atoms with Crippen LogP contribution in [0.5, 0.6) is 0 Å². The second-order valence-electron chi connectivity index (χ2n) is 4.67. The molecule has 0 spiro atoms. The molecule has 1 aromatic rings. The van der Waals surface area contributed by atoms with Crippen molar-refractivity contribution in [1.29, 1.82) is 0 Å². The van der Waals surface area contributed by atoms with Crippen molar-refractivity contribution in [3.05, 3.63) is 16.9 Å². The fraction of sp³-hybridized carbons (Fsp3) is 0.700. The minimum atomic E-state index is -0.419. The SMILES string of the molecule is Cc1nn(CC(O)C(C)(C)C)cc1Cl. The van der Waals surface area contributed by atoms with Crippen LogP contribution in [0.4, 0.5) is 0 Å². The van der Waals surface area contributed by atoms with E-state index in [0.717, 1.165) is 5.69 Å². The van der Waals surface area contributed by atoms with E-state index in [2.05, 4.69) is 5.10 Å². The Bertz CT molecular complexity index is 295. The average molecular weight is 217 g/mol. The van der Waals surface area contributed by atoms with Gasteiger partial charge >= 0.3 is 0 Å². The quantitative estimate of drug-likeness (QED) is 0.824. The van der Waals surface area contributed by atoms with E-state index in [1.165, 1.54) is 0 Å². The molecular formula is C10H17ClN2O. The lowest BCUT2D eigenvalue weighted by molar-refractivity contribution is 0.0450. The minimum absolute atomic E-state index is 0.133. The standard InChI is InChI=1S/C10H17ClN2O/c1-7-8(11)5-13(12-7)6-9(14)10(2,3)4/h5,9,14H,6H2,1-4H3. The lowest BCUT2D eigenvalue weighted by atomic mass is 9.89. The number of hydrogen-bond donors (Lipinski definition) is 1. The number of aliphatic hydroxyl groups is 1. The zero-order valence-corrected chi connectivity index (χ0v) is 9.84. The van der Waals surface area contributed by atoms with Crippen LogP contribution in [-0.4, -0.2) is 21.0 Å². The Morgan fingerprint density at radius 2 is 2.14 bits per heavy atom. The lowest BCUT2D eigenvalue weighted by Gasteiger charge is -2.25. The van der Waals surface area contributed by atoms with Crippen LogP contribution in [0.15, 0.2) is 6.20 Å². The maximum Gasteiger partial charge on any atom is 0.0814 e. The first-order chi connectivity index (χ1) is 6.30. The van der Waals surface area contributed by atoms with Gasteiger partial charge in [-0.15, -0.1) is 0 Å². The van der Waals surface area contributed by atoms with Gasteiger partial charge in [0.05, 0.1) is 23.4 Å². The number of hydrogen-bond acceptors (Lipinski definition) is 2. The third-order valence-electron chi connectivity index (χ3n) is 2.25. The molecule has 1 N–H and O–H groups in total. The number of nitrogens with zero attached hydrogens (tertiary/aromatic N) is 2. The van der Waals surface area contributed by atoms with Crippen LogP contribution >= 0.6 is 11.6 Å². The molecule has 0 aliphatic carbocycles. The number of aryl methyl sites for hydroxylation is 1. The van der Waals surface area contributed by atoms with Crippen molar-refractivity contribution >= 4 is 11.6 Å². The van der Waals surface area contributed by atoms with E-state index in [-0.39, 0.29) is 5.41 Å². The van der Waals surface area contributed by atoms with Crippen LogP contribution in [0.1, 0.15) is 26.5 Å². The Hall–Kier alpha value is -0.540. The molecule has 1 aromatic heterocycles. The van der Waals surface area contributed by atoms with Crippen molar-refractivity contribution in [1.82, 2.24) is 9.78 Å². The van der Waals surface area contributed by atoms with Gasteiger partial charge in [-0.25, -0.2) is 0 Å². The summed E-state index contributed by atoms with van der Waals surface area (Å²) in [5.74, 6) is 0. The second-order valence-corrected chi connectivity index (χ2v) is 5.07. The van der Waals surface area contributed by atoms with Crippen LogP contribution in [0.2, 0.25) is 5.02 Å². The van der Waals surface area contributed by atoms with E-state index >= 15 is 0 Å². The van der Waals surface area contributed by atoms with E-state index in [4.69, 9.17) is 11.6 Å². The summed E-state index contributed by atoms with van der Waals surface area (Å²) in [4.78, 5) is 0. The molecule has 0 amide bonds. The topological polar surface area (TPSA) is 38.0 Å². The molecule has 0 radical (unpaired) electrons. The van der Waals surface area contributed by atoms with Crippen molar-refractivity contribution < 1.29 is 5.11 Å². The van der Waals surface area contributed by atoms with Crippen LogP contribution in [-0.2, 0) is 6.54 Å². The summed E-state index contributed by atoms with van der Waals surface area (Å²) in [6.07, 6.45) is 1.32. The van der Waals surface area contributed by atoms with Crippen LogP contribution < -0.4 is 0 Å². The zero-order valence-electron chi connectivity index (χ0n) is 9.08. The Labute approximate surface area is 89.7 Å². The third kappa shape index (κ3) is 2.72. The van der Waals surface area contributed by atoms with E-state index < -0.39 is 6.10 Å². The maximum absolute atomic E-state index is 9.84. The molecule has 1 heterocycles. The lowest BCUT2D eigenvalue weighted by Crippen LogP contribution is -2.30.